The molecule has 0 saturated carbocycles. The second kappa shape index (κ2) is 11.7. The maximum Gasteiger partial charge on any atom is 0.319 e. The Labute approximate surface area is 164 Å². The highest BCUT2D eigenvalue weighted by molar-refractivity contribution is 5.71. The fraction of sp³-hybridized carbons (Fsp3) is 0.522. The van der Waals surface area contributed by atoms with Crippen LogP contribution in [0.15, 0.2) is 48.1 Å². The Kier molecular flexibility index (Phi) is 9.29. The summed E-state index contributed by atoms with van der Waals surface area (Å²) in [4.78, 5) is 13.7. The number of hydrogen-bond donors (Lipinski definition) is 1. The van der Waals surface area contributed by atoms with E-state index in [1.807, 2.05) is 6.92 Å². The van der Waals surface area contributed by atoms with Crippen LogP contribution in [0.3, 0.4) is 0 Å². The molecule has 1 aromatic rings. The summed E-state index contributed by atoms with van der Waals surface area (Å²) in [7, 11) is 2.19. The number of nitrogens with one attached hydrogen (secondary N) is 1. The van der Waals surface area contributed by atoms with Crippen LogP contribution in [0.4, 0.5) is 0 Å². The maximum atomic E-state index is 11.3. The third-order valence-corrected chi connectivity index (χ3v) is 4.83. The predicted octanol–water partition coefficient (Wildman–Crippen LogP) is 4.04. The van der Waals surface area contributed by atoms with Crippen molar-refractivity contribution in [3.05, 3.63) is 59.2 Å². The number of benzene rings is 1. The number of allylic oxidation sites excluding steroid dienone is 2. The van der Waals surface area contributed by atoms with Gasteiger partial charge in [0.05, 0.1) is 13.2 Å². The van der Waals surface area contributed by atoms with Gasteiger partial charge >= 0.3 is 5.97 Å². The van der Waals surface area contributed by atoms with Gasteiger partial charge in [-0.25, -0.2) is 0 Å². The van der Waals surface area contributed by atoms with Gasteiger partial charge in [-0.15, -0.1) is 0 Å². The van der Waals surface area contributed by atoms with E-state index < -0.39 is 0 Å². The maximum absolute atomic E-state index is 11.3. The largest absolute Gasteiger partial charge is 0.465 e. The monoisotopic (exact) mass is 370 g/mol. The Bertz CT molecular complexity index is 634. The van der Waals surface area contributed by atoms with E-state index in [2.05, 4.69) is 66.7 Å². The van der Waals surface area contributed by atoms with Crippen molar-refractivity contribution >= 4 is 5.97 Å². The molecule has 1 unspecified atom stereocenters. The van der Waals surface area contributed by atoms with Crippen LogP contribution in [0.1, 0.15) is 50.2 Å². The zero-order valence-electron chi connectivity index (χ0n) is 17.0. The molecule has 0 fully saturated rings. The van der Waals surface area contributed by atoms with E-state index in [1.165, 1.54) is 29.5 Å². The summed E-state index contributed by atoms with van der Waals surface area (Å²) in [5, 5.41) is 3.14. The van der Waals surface area contributed by atoms with E-state index in [1.54, 1.807) is 0 Å². The summed E-state index contributed by atoms with van der Waals surface area (Å²) in [5.74, 6) is 0.238. The number of hydrogen-bond acceptors (Lipinski definition) is 4. The summed E-state index contributed by atoms with van der Waals surface area (Å²) >= 11 is 0. The third-order valence-electron chi connectivity index (χ3n) is 4.83. The van der Waals surface area contributed by atoms with Crippen LogP contribution in [0.25, 0.3) is 0 Å². The van der Waals surface area contributed by atoms with Crippen molar-refractivity contribution in [2.24, 2.45) is 0 Å². The Morgan fingerprint density at radius 3 is 2.67 bits per heavy atom. The molecular weight excluding hydrogens is 336 g/mol. The smallest absolute Gasteiger partial charge is 0.319 e. The fourth-order valence-electron chi connectivity index (χ4n) is 3.25. The fourth-order valence-corrected chi connectivity index (χ4v) is 3.25. The van der Waals surface area contributed by atoms with Gasteiger partial charge in [-0.3, -0.25) is 4.79 Å². The van der Waals surface area contributed by atoms with Gasteiger partial charge in [0.2, 0.25) is 0 Å². The van der Waals surface area contributed by atoms with Gasteiger partial charge in [0.1, 0.15) is 0 Å². The van der Waals surface area contributed by atoms with Crippen molar-refractivity contribution in [1.82, 2.24) is 10.2 Å². The van der Waals surface area contributed by atoms with E-state index in [4.69, 9.17) is 4.74 Å². The standard InChI is InChI=1S/C23H34N2O2/c1-4-6-15-25(3)18-20-9-13-22(14-10-20)21-11-7-19(8-12-21)16-24-17-23(26)27-5-2/h7-11,13-14,21,24H,4-6,12,15-18H2,1-3H3. The van der Waals surface area contributed by atoms with Gasteiger partial charge in [0, 0.05) is 19.0 Å². The lowest BCUT2D eigenvalue weighted by Gasteiger charge is -2.19. The summed E-state index contributed by atoms with van der Waals surface area (Å²) < 4.78 is 4.92. The van der Waals surface area contributed by atoms with Crippen LogP contribution in [0, 0.1) is 0 Å². The molecule has 27 heavy (non-hydrogen) atoms. The molecule has 148 valence electrons. The van der Waals surface area contributed by atoms with Crippen LogP contribution in [0.2, 0.25) is 0 Å². The molecule has 1 atom stereocenters. The summed E-state index contributed by atoms with van der Waals surface area (Å²) in [5.41, 5.74) is 3.96. The molecule has 2 rings (SSSR count). The van der Waals surface area contributed by atoms with Gasteiger partial charge in [-0.05, 0) is 50.1 Å². The van der Waals surface area contributed by atoms with E-state index in [-0.39, 0.29) is 12.5 Å². The van der Waals surface area contributed by atoms with Crippen molar-refractivity contribution in [2.45, 2.75) is 45.6 Å². The highest BCUT2D eigenvalue weighted by atomic mass is 16.5. The molecule has 1 aliphatic carbocycles. The molecule has 1 N–H and O–H groups in total. The van der Waals surface area contributed by atoms with Crippen LogP contribution < -0.4 is 5.32 Å². The van der Waals surface area contributed by atoms with Crippen molar-refractivity contribution in [2.75, 3.05) is 33.3 Å². The molecule has 0 saturated heterocycles. The number of carbonyl (C=O) groups excluding carboxylic acids is 1. The van der Waals surface area contributed by atoms with E-state index in [0.717, 1.165) is 19.5 Å². The zero-order valence-corrected chi connectivity index (χ0v) is 17.0. The van der Waals surface area contributed by atoms with Crippen LogP contribution >= 0.6 is 0 Å². The second-order valence-electron chi connectivity index (χ2n) is 7.22. The van der Waals surface area contributed by atoms with Crippen molar-refractivity contribution < 1.29 is 9.53 Å². The number of nitrogens with zero attached hydrogens (tertiary/aromatic N) is 1. The van der Waals surface area contributed by atoms with Crippen molar-refractivity contribution in [1.29, 1.82) is 0 Å². The van der Waals surface area contributed by atoms with Crippen LogP contribution in [-0.4, -0.2) is 44.2 Å². The summed E-state index contributed by atoms with van der Waals surface area (Å²) in [6.07, 6.45) is 10.2. The molecule has 4 heteroatoms. The first-order valence-corrected chi connectivity index (χ1v) is 10.1. The minimum Gasteiger partial charge on any atom is -0.465 e. The van der Waals surface area contributed by atoms with E-state index >= 15 is 0 Å². The number of unbranched alkanes of at least 4 members (excludes halogenated alkanes) is 1. The van der Waals surface area contributed by atoms with Gasteiger partial charge < -0.3 is 15.0 Å². The van der Waals surface area contributed by atoms with Crippen LogP contribution in [-0.2, 0) is 16.1 Å². The first-order valence-electron chi connectivity index (χ1n) is 10.1. The minimum atomic E-state index is -0.198. The third kappa shape index (κ3) is 7.69. The molecule has 0 amide bonds. The van der Waals surface area contributed by atoms with Crippen LogP contribution in [0.5, 0.6) is 0 Å². The molecule has 0 radical (unpaired) electrons. The first-order chi connectivity index (χ1) is 13.1. The predicted molar refractivity (Wildman–Crippen MR) is 112 cm³/mol. The Hall–Kier alpha value is -1.91. The summed E-state index contributed by atoms with van der Waals surface area (Å²) in [6.45, 7) is 7.61. The number of rotatable bonds is 11. The second-order valence-corrected chi connectivity index (χ2v) is 7.22. The first kappa shape index (κ1) is 21.4. The SMILES string of the molecule is CCCCN(C)Cc1ccc(C2C=CC(CNCC(=O)OCC)=CC2)cc1. The lowest BCUT2D eigenvalue weighted by Crippen LogP contribution is -2.26. The molecule has 0 heterocycles. The zero-order chi connectivity index (χ0) is 19.5. The van der Waals surface area contributed by atoms with Crippen molar-refractivity contribution in [3.63, 3.8) is 0 Å². The number of esters is 1. The molecule has 0 spiro atoms. The lowest BCUT2D eigenvalue weighted by molar-refractivity contribution is -0.141. The van der Waals surface area contributed by atoms with Gasteiger partial charge in [-0.2, -0.15) is 0 Å². The molecule has 4 nitrogen and oxygen atoms in total. The number of ether oxygens (including phenoxy) is 1. The Morgan fingerprint density at radius 1 is 1.26 bits per heavy atom. The molecule has 0 aliphatic heterocycles. The normalized spacial score (nSPS) is 16.4. The van der Waals surface area contributed by atoms with E-state index in [0.29, 0.717) is 19.1 Å². The molecule has 1 aromatic carbocycles. The van der Waals surface area contributed by atoms with Gasteiger partial charge in [0.15, 0.2) is 0 Å². The molecule has 1 aliphatic rings. The van der Waals surface area contributed by atoms with Crippen molar-refractivity contribution in [3.8, 4) is 0 Å². The molecular formula is C23H34N2O2. The minimum absolute atomic E-state index is 0.198. The summed E-state index contributed by atoms with van der Waals surface area (Å²) in [6, 6.07) is 9.03. The molecule has 0 aromatic heterocycles. The average molecular weight is 371 g/mol. The number of carbonyl (C=O) groups is 1. The highest BCUT2D eigenvalue weighted by Crippen LogP contribution is 2.27. The van der Waals surface area contributed by atoms with Gasteiger partial charge in [0.25, 0.3) is 0 Å². The van der Waals surface area contributed by atoms with Gasteiger partial charge in [-0.1, -0.05) is 55.8 Å². The topological polar surface area (TPSA) is 41.6 Å². The molecule has 0 bridgehead atoms. The lowest BCUT2D eigenvalue weighted by atomic mass is 9.89. The van der Waals surface area contributed by atoms with E-state index in [9.17, 15) is 4.79 Å². The Balaban J connectivity index is 1.77. The Morgan fingerprint density at radius 2 is 2.04 bits per heavy atom. The quantitative estimate of drug-likeness (QED) is 0.597. The average Bonchev–Trinajstić information content (AvgIpc) is 2.68. The highest BCUT2D eigenvalue weighted by Gasteiger charge is 2.12.